The highest BCUT2D eigenvalue weighted by Gasteiger charge is 2.13. The van der Waals surface area contributed by atoms with E-state index in [0.29, 0.717) is 13.2 Å². The molecule has 112 valence electrons. The number of aliphatic hydroxyl groups excluding tert-OH is 1. The maximum absolute atomic E-state index is 9.90. The lowest BCUT2D eigenvalue weighted by molar-refractivity contribution is 0.105. The molecule has 0 spiro atoms. The van der Waals surface area contributed by atoms with Gasteiger partial charge in [0.25, 0.3) is 0 Å². The zero-order chi connectivity index (χ0) is 14.2. The molecular formula is C16H25NO2S. The van der Waals surface area contributed by atoms with Crippen LogP contribution < -0.4 is 10.1 Å². The van der Waals surface area contributed by atoms with E-state index in [2.05, 4.69) is 5.32 Å². The van der Waals surface area contributed by atoms with Gasteiger partial charge in [-0.15, -0.1) is 0 Å². The van der Waals surface area contributed by atoms with Crippen molar-refractivity contribution in [2.75, 3.05) is 31.2 Å². The number of benzene rings is 1. The SMILES string of the molecule is Cc1ccc(OCC(O)CNCC2CCSCC2)cc1. The van der Waals surface area contributed by atoms with Gasteiger partial charge in [-0.05, 0) is 55.9 Å². The van der Waals surface area contributed by atoms with E-state index in [1.165, 1.54) is 29.9 Å². The Labute approximate surface area is 126 Å². The highest BCUT2D eigenvalue weighted by Crippen LogP contribution is 2.21. The molecule has 1 atom stereocenters. The molecule has 0 aliphatic carbocycles. The molecule has 0 bridgehead atoms. The summed E-state index contributed by atoms with van der Waals surface area (Å²) < 4.78 is 5.57. The molecule has 0 amide bonds. The second-order valence-corrected chi connectivity index (χ2v) is 6.72. The van der Waals surface area contributed by atoms with Gasteiger partial charge in [-0.1, -0.05) is 17.7 Å². The van der Waals surface area contributed by atoms with Crippen LogP contribution in [0.2, 0.25) is 0 Å². The lowest BCUT2D eigenvalue weighted by atomic mass is 10.0. The maximum atomic E-state index is 9.90. The zero-order valence-electron chi connectivity index (χ0n) is 12.2. The predicted octanol–water partition coefficient (Wildman–Crippen LogP) is 2.47. The van der Waals surface area contributed by atoms with Gasteiger partial charge in [0.05, 0.1) is 0 Å². The fourth-order valence-electron chi connectivity index (χ4n) is 2.29. The summed E-state index contributed by atoms with van der Waals surface area (Å²) in [5, 5.41) is 13.3. The molecule has 0 saturated carbocycles. The average molecular weight is 295 g/mol. The van der Waals surface area contributed by atoms with E-state index in [1.807, 2.05) is 43.0 Å². The van der Waals surface area contributed by atoms with E-state index in [1.54, 1.807) is 0 Å². The number of hydrogen-bond acceptors (Lipinski definition) is 4. The fourth-order valence-corrected chi connectivity index (χ4v) is 3.49. The molecule has 1 unspecified atom stereocenters. The van der Waals surface area contributed by atoms with Crippen LogP contribution in [0.5, 0.6) is 5.75 Å². The van der Waals surface area contributed by atoms with Gasteiger partial charge < -0.3 is 15.2 Å². The van der Waals surface area contributed by atoms with Gasteiger partial charge in [0.15, 0.2) is 0 Å². The molecule has 1 saturated heterocycles. The summed E-state index contributed by atoms with van der Waals surface area (Å²) in [6.07, 6.45) is 2.15. The topological polar surface area (TPSA) is 41.5 Å². The van der Waals surface area contributed by atoms with Gasteiger partial charge in [0.1, 0.15) is 18.5 Å². The highest BCUT2D eigenvalue weighted by molar-refractivity contribution is 7.99. The minimum atomic E-state index is -0.450. The molecule has 1 aromatic rings. The monoisotopic (exact) mass is 295 g/mol. The molecule has 20 heavy (non-hydrogen) atoms. The van der Waals surface area contributed by atoms with Crippen molar-refractivity contribution in [1.29, 1.82) is 0 Å². The molecule has 1 aliphatic rings. The van der Waals surface area contributed by atoms with Crippen LogP contribution in [-0.2, 0) is 0 Å². The van der Waals surface area contributed by atoms with Crippen LogP contribution in [0.15, 0.2) is 24.3 Å². The molecule has 1 aliphatic heterocycles. The molecule has 2 rings (SSSR count). The summed E-state index contributed by atoms with van der Waals surface area (Å²) in [5.41, 5.74) is 1.21. The summed E-state index contributed by atoms with van der Waals surface area (Å²) in [5.74, 6) is 4.16. The quantitative estimate of drug-likeness (QED) is 0.811. The number of rotatable bonds is 7. The third-order valence-corrected chi connectivity index (χ3v) is 4.67. The molecule has 0 aromatic heterocycles. The zero-order valence-corrected chi connectivity index (χ0v) is 13.0. The molecule has 0 radical (unpaired) electrons. The number of ether oxygens (including phenoxy) is 1. The second kappa shape index (κ2) is 8.55. The Hall–Kier alpha value is -0.710. The molecule has 1 fully saturated rings. The summed E-state index contributed by atoms with van der Waals surface area (Å²) >= 11 is 2.05. The Morgan fingerprint density at radius 2 is 2.00 bits per heavy atom. The Morgan fingerprint density at radius 1 is 1.30 bits per heavy atom. The van der Waals surface area contributed by atoms with Crippen molar-refractivity contribution in [3.05, 3.63) is 29.8 Å². The van der Waals surface area contributed by atoms with Gasteiger partial charge in [-0.25, -0.2) is 0 Å². The Bertz CT molecular complexity index is 377. The molecule has 1 heterocycles. The van der Waals surface area contributed by atoms with Crippen molar-refractivity contribution in [2.24, 2.45) is 5.92 Å². The van der Waals surface area contributed by atoms with Crippen molar-refractivity contribution in [2.45, 2.75) is 25.9 Å². The van der Waals surface area contributed by atoms with Crippen LogP contribution in [0.1, 0.15) is 18.4 Å². The van der Waals surface area contributed by atoms with E-state index in [9.17, 15) is 5.11 Å². The third-order valence-electron chi connectivity index (χ3n) is 3.62. The van der Waals surface area contributed by atoms with Crippen molar-refractivity contribution in [3.8, 4) is 5.75 Å². The first-order valence-electron chi connectivity index (χ1n) is 7.40. The lowest BCUT2D eigenvalue weighted by Crippen LogP contribution is -2.35. The molecular weight excluding hydrogens is 270 g/mol. The predicted molar refractivity (Wildman–Crippen MR) is 85.6 cm³/mol. The van der Waals surface area contributed by atoms with Crippen LogP contribution in [0.3, 0.4) is 0 Å². The van der Waals surface area contributed by atoms with Gasteiger partial charge in [0.2, 0.25) is 0 Å². The van der Waals surface area contributed by atoms with Crippen LogP contribution >= 0.6 is 11.8 Å². The van der Waals surface area contributed by atoms with Gasteiger partial charge >= 0.3 is 0 Å². The first kappa shape index (κ1) is 15.7. The number of hydrogen-bond donors (Lipinski definition) is 2. The maximum Gasteiger partial charge on any atom is 0.119 e. The van der Waals surface area contributed by atoms with E-state index in [4.69, 9.17) is 4.74 Å². The number of thioether (sulfide) groups is 1. The van der Waals surface area contributed by atoms with E-state index in [0.717, 1.165) is 18.2 Å². The summed E-state index contributed by atoms with van der Waals surface area (Å²) in [6, 6.07) is 7.91. The van der Waals surface area contributed by atoms with E-state index in [-0.39, 0.29) is 0 Å². The molecule has 1 aromatic carbocycles. The Balaban J connectivity index is 1.57. The Morgan fingerprint density at radius 3 is 2.70 bits per heavy atom. The van der Waals surface area contributed by atoms with Crippen molar-refractivity contribution in [3.63, 3.8) is 0 Å². The summed E-state index contributed by atoms with van der Waals surface area (Å²) in [6.45, 7) is 4.01. The summed E-state index contributed by atoms with van der Waals surface area (Å²) in [4.78, 5) is 0. The van der Waals surface area contributed by atoms with Gasteiger partial charge in [-0.2, -0.15) is 11.8 Å². The van der Waals surface area contributed by atoms with Crippen LogP contribution in [0, 0.1) is 12.8 Å². The van der Waals surface area contributed by atoms with Crippen LogP contribution in [0.25, 0.3) is 0 Å². The van der Waals surface area contributed by atoms with Crippen molar-refractivity contribution < 1.29 is 9.84 Å². The number of aliphatic hydroxyl groups is 1. The highest BCUT2D eigenvalue weighted by atomic mass is 32.2. The largest absolute Gasteiger partial charge is 0.491 e. The van der Waals surface area contributed by atoms with E-state index >= 15 is 0 Å². The van der Waals surface area contributed by atoms with Crippen molar-refractivity contribution in [1.82, 2.24) is 5.32 Å². The number of aryl methyl sites for hydroxylation is 1. The summed E-state index contributed by atoms with van der Waals surface area (Å²) in [7, 11) is 0. The Kier molecular flexibility index (Phi) is 6.70. The van der Waals surface area contributed by atoms with Crippen LogP contribution in [0.4, 0.5) is 0 Å². The van der Waals surface area contributed by atoms with Crippen LogP contribution in [-0.4, -0.2) is 42.4 Å². The lowest BCUT2D eigenvalue weighted by Gasteiger charge is -2.22. The van der Waals surface area contributed by atoms with Gasteiger partial charge in [0, 0.05) is 6.54 Å². The van der Waals surface area contributed by atoms with Crippen molar-refractivity contribution >= 4 is 11.8 Å². The van der Waals surface area contributed by atoms with E-state index < -0.39 is 6.10 Å². The average Bonchev–Trinajstić information content (AvgIpc) is 2.48. The first-order chi connectivity index (χ1) is 9.74. The fraction of sp³-hybridized carbons (Fsp3) is 0.625. The minimum Gasteiger partial charge on any atom is -0.491 e. The second-order valence-electron chi connectivity index (χ2n) is 5.49. The molecule has 3 nitrogen and oxygen atoms in total. The number of nitrogens with one attached hydrogen (secondary N) is 1. The van der Waals surface area contributed by atoms with Gasteiger partial charge in [-0.3, -0.25) is 0 Å². The normalized spacial score (nSPS) is 17.9. The molecule has 4 heteroatoms. The minimum absolute atomic E-state index is 0.344. The smallest absolute Gasteiger partial charge is 0.119 e. The third kappa shape index (κ3) is 5.73. The first-order valence-corrected chi connectivity index (χ1v) is 8.55. The molecule has 2 N–H and O–H groups in total. The standard InChI is InChI=1S/C16H25NO2S/c1-13-2-4-16(5-3-13)19-12-15(18)11-17-10-14-6-8-20-9-7-14/h2-5,14-15,17-18H,6-12H2,1H3.